The van der Waals surface area contributed by atoms with Crippen molar-refractivity contribution < 1.29 is 14.6 Å². The molecule has 1 aromatic heterocycles. The highest BCUT2D eigenvalue weighted by Gasteiger charge is 2.40. The molecular formula is C12H20N4O3. The normalized spacial score (nSPS) is 18.5. The van der Waals surface area contributed by atoms with Gasteiger partial charge in [-0.15, -0.1) is 0 Å². The van der Waals surface area contributed by atoms with Crippen molar-refractivity contribution in [3.63, 3.8) is 0 Å². The molecule has 0 saturated carbocycles. The summed E-state index contributed by atoms with van der Waals surface area (Å²) < 4.78 is 7.27. The Morgan fingerprint density at radius 1 is 1.58 bits per heavy atom. The Morgan fingerprint density at radius 3 is 2.84 bits per heavy atom. The van der Waals surface area contributed by atoms with Crippen molar-refractivity contribution in [2.75, 3.05) is 19.7 Å². The van der Waals surface area contributed by atoms with Gasteiger partial charge in [0, 0.05) is 19.1 Å². The Hall–Kier alpha value is -1.47. The molecule has 7 heteroatoms. The number of aromatic nitrogens is 3. The third-order valence-electron chi connectivity index (χ3n) is 3.16. The molecule has 0 spiro atoms. The molecule has 0 aliphatic carbocycles. The highest BCUT2D eigenvalue weighted by molar-refractivity contribution is 5.68. The number of carbonyl (C=O) groups is 1. The predicted molar refractivity (Wildman–Crippen MR) is 67.7 cm³/mol. The highest BCUT2D eigenvalue weighted by Crippen LogP contribution is 2.26. The van der Waals surface area contributed by atoms with Gasteiger partial charge in [0.1, 0.15) is 18.8 Å². The molecule has 0 atom stereocenters. The molecule has 1 saturated heterocycles. The van der Waals surface area contributed by atoms with Crippen molar-refractivity contribution in [1.82, 2.24) is 19.7 Å². The maximum Gasteiger partial charge on any atom is 0.329 e. The van der Waals surface area contributed by atoms with Gasteiger partial charge in [-0.2, -0.15) is 5.10 Å². The molecule has 106 valence electrons. The smallest absolute Gasteiger partial charge is 0.329 e. The Morgan fingerprint density at radius 2 is 2.26 bits per heavy atom. The van der Waals surface area contributed by atoms with E-state index in [0.717, 1.165) is 5.82 Å². The number of carboxylic acids is 1. The number of ether oxygens (including phenoxy) is 1. The van der Waals surface area contributed by atoms with E-state index in [2.05, 4.69) is 28.8 Å². The molecule has 0 aromatic carbocycles. The highest BCUT2D eigenvalue weighted by atomic mass is 16.5. The Balaban J connectivity index is 1.84. The second-order valence-electron chi connectivity index (χ2n) is 5.49. The van der Waals surface area contributed by atoms with E-state index in [9.17, 15) is 4.79 Å². The summed E-state index contributed by atoms with van der Waals surface area (Å²) in [6.45, 7) is 7.95. The van der Waals surface area contributed by atoms with Crippen LogP contribution in [0.15, 0.2) is 6.33 Å². The van der Waals surface area contributed by atoms with Crippen LogP contribution in [-0.2, 0) is 16.1 Å². The summed E-state index contributed by atoms with van der Waals surface area (Å²) in [4.78, 5) is 16.9. The minimum atomic E-state index is -0.931. The Bertz CT molecular complexity index is 452. The molecule has 1 aliphatic rings. The largest absolute Gasteiger partial charge is 0.480 e. The van der Waals surface area contributed by atoms with Gasteiger partial charge in [0.2, 0.25) is 0 Å². The summed E-state index contributed by atoms with van der Waals surface area (Å²) in [5.41, 5.74) is -0.360. The third-order valence-corrected chi connectivity index (χ3v) is 3.16. The van der Waals surface area contributed by atoms with Crippen molar-refractivity contribution in [1.29, 1.82) is 0 Å². The van der Waals surface area contributed by atoms with Crippen LogP contribution in [0.25, 0.3) is 0 Å². The minimum Gasteiger partial charge on any atom is -0.480 e. The van der Waals surface area contributed by atoms with Gasteiger partial charge in [-0.05, 0) is 20.8 Å². The van der Waals surface area contributed by atoms with Crippen molar-refractivity contribution in [3.05, 3.63) is 12.2 Å². The monoisotopic (exact) mass is 268 g/mol. The number of carboxylic acid groups (broad SMARTS) is 1. The first kappa shape index (κ1) is 14.0. The number of likely N-dealkylation sites (tertiary alicyclic amines) is 1. The molecular weight excluding hydrogens is 248 g/mol. The zero-order valence-corrected chi connectivity index (χ0v) is 11.5. The SMILES string of the molecule is CC(C)n1ncnc1CN1CC(C)(OCC(=O)O)C1. The number of hydrogen-bond donors (Lipinski definition) is 1. The van der Waals surface area contributed by atoms with Crippen molar-refractivity contribution >= 4 is 5.97 Å². The van der Waals surface area contributed by atoms with E-state index in [4.69, 9.17) is 9.84 Å². The predicted octanol–water partition coefficient (Wildman–Crippen LogP) is 0.535. The van der Waals surface area contributed by atoms with E-state index in [1.54, 1.807) is 6.33 Å². The zero-order chi connectivity index (χ0) is 14.0. The molecule has 19 heavy (non-hydrogen) atoms. The fourth-order valence-electron chi connectivity index (χ4n) is 2.36. The summed E-state index contributed by atoms with van der Waals surface area (Å²) in [7, 11) is 0. The number of rotatable bonds is 6. The summed E-state index contributed by atoms with van der Waals surface area (Å²) in [5.74, 6) is -0.00508. The molecule has 2 rings (SSSR count). The van der Waals surface area contributed by atoms with Gasteiger partial charge in [-0.25, -0.2) is 14.5 Å². The lowest BCUT2D eigenvalue weighted by molar-refractivity contribution is -0.166. The first-order valence-electron chi connectivity index (χ1n) is 6.36. The van der Waals surface area contributed by atoms with Crippen molar-refractivity contribution in [3.8, 4) is 0 Å². The second-order valence-corrected chi connectivity index (χ2v) is 5.49. The van der Waals surface area contributed by atoms with Crippen LogP contribution in [0.5, 0.6) is 0 Å². The summed E-state index contributed by atoms with van der Waals surface area (Å²) in [6, 6.07) is 0.286. The van der Waals surface area contributed by atoms with Crippen LogP contribution in [0.3, 0.4) is 0 Å². The van der Waals surface area contributed by atoms with Gasteiger partial charge in [0.15, 0.2) is 0 Å². The van der Waals surface area contributed by atoms with Gasteiger partial charge in [0.05, 0.1) is 12.1 Å². The maximum absolute atomic E-state index is 10.5. The van der Waals surface area contributed by atoms with Crippen LogP contribution in [0, 0.1) is 0 Å². The van der Waals surface area contributed by atoms with E-state index in [-0.39, 0.29) is 18.2 Å². The van der Waals surface area contributed by atoms with E-state index < -0.39 is 5.97 Å². The van der Waals surface area contributed by atoms with Gasteiger partial charge in [0.25, 0.3) is 0 Å². The van der Waals surface area contributed by atoms with Crippen molar-refractivity contribution in [2.24, 2.45) is 0 Å². The number of nitrogens with zero attached hydrogens (tertiary/aromatic N) is 4. The topological polar surface area (TPSA) is 80.5 Å². The first-order chi connectivity index (χ1) is 8.89. The average molecular weight is 268 g/mol. The molecule has 1 aromatic rings. The summed E-state index contributed by atoms with van der Waals surface area (Å²) >= 11 is 0. The Kier molecular flexibility index (Phi) is 3.86. The zero-order valence-electron chi connectivity index (χ0n) is 11.5. The first-order valence-corrected chi connectivity index (χ1v) is 6.36. The molecule has 1 aliphatic heterocycles. The van der Waals surface area contributed by atoms with Crippen LogP contribution in [0.4, 0.5) is 0 Å². The van der Waals surface area contributed by atoms with E-state index in [1.165, 1.54) is 0 Å². The molecule has 0 amide bonds. The maximum atomic E-state index is 10.5. The van der Waals surface area contributed by atoms with Gasteiger partial charge >= 0.3 is 5.97 Å². The van der Waals surface area contributed by atoms with E-state index in [0.29, 0.717) is 19.6 Å². The second kappa shape index (κ2) is 5.26. The molecule has 0 radical (unpaired) electrons. The van der Waals surface area contributed by atoms with Crippen molar-refractivity contribution in [2.45, 2.75) is 39.0 Å². The molecule has 1 N–H and O–H groups in total. The van der Waals surface area contributed by atoms with Crippen LogP contribution in [0.2, 0.25) is 0 Å². The minimum absolute atomic E-state index is 0.244. The fraction of sp³-hybridized carbons (Fsp3) is 0.750. The number of aliphatic carboxylic acids is 1. The van der Waals surface area contributed by atoms with E-state index >= 15 is 0 Å². The summed E-state index contributed by atoms with van der Waals surface area (Å²) in [6.07, 6.45) is 1.56. The van der Waals surface area contributed by atoms with Crippen LogP contribution in [-0.4, -0.2) is 56.0 Å². The standard InChI is InChI=1S/C12H20N4O3/c1-9(2)16-10(13-8-14-16)4-15-6-12(3,7-15)19-5-11(17)18/h8-9H,4-7H2,1-3H3,(H,17,18). The average Bonchev–Trinajstić information content (AvgIpc) is 2.72. The Labute approximate surface area is 112 Å². The quantitative estimate of drug-likeness (QED) is 0.811. The lowest BCUT2D eigenvalue weighted by atomic mass is 9.96. The fourth-order valence-corrected chi connectivity index (χ4v) is 2.36. The lowest BCUT2D eigenvalue weighted by Gasteiger charge is -2.47. The molecule has 1 fully saturated rings. The lowest BCUT2D eigenvalue weighted by Crippen LogP contribution is -2.61. The molecule has 7 nitrogen and oxygen atoms in total. The van der Waals surface area contributed by atoms with Crippen LogP contribution < -0.4 is 0 Å². The van der Waals surface area contributed by atoms with Crippen LogP contribution in [0.1, 0.15) is 32.6 Å². The van der Waals surface area contributed by atoms with Gasteiger partial charge in [-0.3, -0.25) is 4.90 Å². The molecule has 0 unspecified atom stereocenters. The van der Waals surface area contributed by atoms with Crippen LogP contribution >= 0.6 is 0 Å². The van der Waals surface area contributed by atoms with Gasteiger partial charge < -0.3 is 9.84 Å². The summed E-state index contributed by atoms with van der Waals surface area (Å²) in [5, 5.41) is 12.8. The van der Waals surface area contributed by atoms with Gasteiger partial charge in [-0.1, -0.05) is 0 Å². The molecule has 2 heterocycles. The number of hydrogen-bond acceptors (Lipinski definition) is 5. The van der Waals surface area contributed by atoms with E-state index in [1.807, 2.05) is 11.6 Å². The molecule has 0 bridgehead atoms. The third kappa shape index (κ3) is 3.30.